The van der Waals surface area contributed by atoms with Crippen molar-refractivity contribution in [2.75, 3.05) is 51.2 Å². The Hall–Kier alpha value is -4.66. The molecule has 1 unspecified atom stereocenters. The predicted octanol–water partition coefficient (Wildman–Crippen LogP) is 4.68. The SMILES string of the molecule is COCCCNc1nc(NCCCOC)c(N=Nc2nn(C3=CC=C([N+](=O)[O-])C(C)C3)cc2C#N)c(C)c1C#N. The zero-order valence-electron chi connectivity index (χ0n) is 23.0. The van der Waals surface area contributed by atoms with Gasteiger partial charge < -0.3 is 20.1 Å². The van der Waals surface area contributed by atoms with Gasteiger partial charge in [-0.1, -0.05) is 6.92 Å². The fraction of sp³-hybridized carbons (Fsp3) is 0.462. The van der Waals surface area contributed by atoms with Crippen molar-refractivity contribution in [3.8, 4) is 12.1 Å². The first-order valence-corrected chi connectivity index (χ1v) is 12.7. The van der Waals surface area contributed by atoms with E-state index in [1.165, 1.54) is 17.0 Å². The summed E-state index contributed by atoms with van der Waals surface area (Å²) in [5, 5.41) is 50.2. The Morgan fingerprint density at radius 3 is 2.38 bits per heavy atom. The lowest BCUT2D eigenvalue weighted by Crippen LogP contribution is -2.14. The first kappa shape index (κ1) is 29.9. The molecule has 14 heteroatoms. The van der Waals surface area contributed by atoms with Gasteiger partial charge in [0.2, 0.25) is 11.5 Å². The van der Waals surface area contributed by atoms with E-state index in [2.05, 4.69) is 43.1 Å². The summed E-state index contributed by atoms with van der Waals surface area (Å²) in [6.07, 6.45) is 6.40. The van der Waals surface area contributed by atoms with E-state index in [4.69, 9.17) is 9.47 Å². The summed E-state index contributed by atoms with van der Waals surface area (Å²) in [6, 6.07) is 4.26. The number of nitriles is 2. The normalized spacial score (nSPS) is 14.8. The minimum absolute atomic E-state index is 0.0742. The van der Waals surface area contributed by atoms with Gasteiger partial charge in [-0.2, -0.15) is 10.5 Å². The number of ether oxygens (including phenoxy) is 2. The molecule has 1 aliphatic rings. The minimum Gasteiger partial charge on any atom is -0.385 e. The maximum Gasteiger partial charge on any atom is 0.249 e. The molecule has 0 spiro atoms. The van der Waals surface area contributed by atoms with Gasteiger partial charge in [0.05, 0.1) is 22.6 Å². The van der Waals surface area contributed by atoms with Crippen LogP contribution in [-0.2, 0) is 9.47 Å². The summed E-state index contributed by atoms with van der Waals surface area (Å²) in [4.78, 5) is 15.4. The number of aromatic nitrogens is 3. The molecule has 2 aromatic heterocycles. The topological polar surface area (TPSA) is 189 Å². The summed E-state index contributed by atoms with van der Waals surface area (Å²) < 4.78 is 11.7. The standard InChI is InChI=1S/C26H32N10O4/c1-17-13-20(7-8-22(17)36(37)38)35-16-19(14-27)24(34-35)33-32-23-18(2)21(15-28)25(29-9-5-11-39-3)31-26(23)30-10-6-12-40-4/h7-8,16-17H,5-6,9-13H2,1-4H3,(H2,29,30,31). The molecule has 40 heavy (non-hydrogen) atoms. The van der Waals surface area contributed by atoms with E-state index in [0.717, 1.165) is 6.42 Å². The van der Waals surface area contributed by atoms with E-state index in [0.29, 0.717) is 73.3 Å². The van der Waals surface area contributed by atoms with Crippen molar-refractivity contribution in [3.05, 3.63) is 50.9 Å². The van der Waals surface area contributed by atoms with Crippen LogP contribution in [0.2, 0.25) is 0 Å². The lowest BCUT2D eigenvalue weighted by atomic mass is 9.97. The molecular weight excluding hydrogens is 516 g/mol. The fourth-order valence-electron chi connectivity index (χ4n) is 4.06. The van der Waals surface area contributed by atoms with Crippen molar-refractivity contribution < 1.29 is 14.4 Å². The van der Waals surface area contributed by atoms with Gasteiger partial charge in [0.25, 0.3) is 0 Å². The molecule has 0 amide bonds. The molecule has 2 N–H and O–H groups in total. The van der Waals surface area contributed by atoms with Crippen LogP contribution in [-0.4, -0.2) is 60.2 Å². The highest BCUT2D eigenvalue weighted by Gasteiger charge is 2.26. The Balaban J connectivity index is 1.97. The molecule has 0 fully saturated rings. The molecule has 1 aliphatic carbocycles. The summed E-state index contributed by atoms with van der Waals surface area (Å²) in [7, 11) is 3.25. The number of pyridine rings is 1. The third-order valence-corrected chi connectivity index (χ3v) is 6.19. The van der Waals surface area contributed by atoms with Gasteiger partial charge in [0.1, 0.15) is 29.2 Å². The van der Waals surface area contributed by atoms with Crippen molar-refractivity contribution in [1.29, 1.82) is 10.5 Å². The van der Waals surface area contributed by atoms with E-state index in [1.807, 2.05) is 0 Å². The van der Waals surface area contributed by atoms with E-state index >= 15 is 0 Å². The smallest absolute Gasteiger partial charge is 0.249 e. The third-order valence-electron chi connectivity index (χ3n) is 6.19. The number of hydrogen-bond acceptors (Lipinski definition) is 12. The molecular formula is C26H32N10O4. The van der Waals surface area contributed by atoms with Crippen molar-refractivity contribution in [2.24, 2.45) is 16.1 Å². The van der Waals surface area contributed by atoms with Crippen LogP contribution in [0.25, 0.3) is 5.70 Å². The number of methoxy groups -OCH3 is 2. The van der Waals surface area contributed by atoms with E-state index < -0.39 is 4.92 Å². The van der Waals surface area contributed by atoms with Crippen molar-refractivity contribution in [2.45, 2.75) is 33.1 Å². The molecule has 0 radical (unpaired) electrons. The van der Waals surface area contributed by atoms with Gasteiger partial charge in [-0.25, -0.2) is 9.67 Å². The number of nitro groups is 1. The van der Waals surface area contributed by atoms with Crippen molar-refractivity contribution in [1.82, 2.24) is 14.8 Å². The molecule has 0 saturated carbocycles. The van der Waals surface area contributed by atoms with Crippen LogP contribution < -0.4 is 10.6 Å². The lowest BCUT2D eigenvalue weighted by molar-refractivity contribution is -0.433. The van der Waals surface area contributed by atoms with Crippen LogP contribution >= 0.6 is 0 Å². The molecule has 14 nitrogen and oxygen atoms in total. The third kappa shape index (κ3) is 7.25. The maximum atomic E-state index is 11.2. The minimum atomic E-state index is -0.394. The average molecular weight is 549 g/mol. The number of anilines is 2. The number of allylic oxidation sites excluding steroid dienone is 4. The van der Waals surface area contributed by atoms with Crippen LogP contribution in [0.15, 0.2) is 34.3 Å². The Morgan fingerprint density at radius 2 is 1.80 bits per heavy atom. The monoisotopic (exact) mass is 548 g/mol. The van der Waals surface area contributed by atoms with Crippen molar-refractivity contribution >= 4 is 28.8 Å². The molecule has 210 valence electrons. The Bertz CT molecular complexity index is 1400. The summed E-state index contributed by atoms with van der Waals surface area (Å²) in [5.41, 5.74) is 2.22. The zero-order valence-corrected chi connectivity index (χ0v) is 23.0. The van der Waals surface area contributed by atoms with Crippen LogP contribution in [0.4, 0.5) is 23.1 Å². The van der Waals surface area contributed by atoms with Gasteiger partial charge in [0, 0.05) is 64.3 Å². The summed E-state index contributed by atoms with van der Waals surface area (Å²) in [6.45, 7) is 5.75. The largest absolute Gasteiger partial charge is 0.385 e. The quantitative estimate of drug-likeness (QED) is 0.145. The summed E-state index contributed by atoms with van der Waals surface area (Å²) in [5.74, 6) is 0.600. The highest BCUT2D eigenvalue weighted by Crippen LogP contribution is 2.35. The average Bonchev–Trinajstić information content (AvgIpc) is 3.36. The fourth-order valence-corrected chi connectivity index (χ4v) is 4.06. The number of nitrogens with one attached hydrogen (secondary N) is 2. The molecule has 1 atom stereocenters. The van der Waals surface area contributed by atoms with E-state index in [-0.39, 0.29) is 23.0 Å². The molecule has 0 aromatic carbocycles. The van der Waals surface area contributed by atoms with E-state index in [1.54, 1.807) is 34.1 Å². The Kier molecular flexibility index (Phi) is 10.8. The molecule has 2 aromatic rings. The second-order valence-electron chi connectivity index (χ2n) is 9.05. The highest BCUT2D eigenvalue weighted by molar-refractivity contribution is 5.74. The van der Waals surface area contributed by atoms with Crippen LogP contribution in [0.3, 0.4) is 0 Å². The van der Waals surface area contributed by atoms with Gasteiger partial charge in [-0.15, -0.1) is 15.3 Å². The second kappa shape index (κ2) is 14.5. The predicted molar refractivity (Wildman–Crippen MR) is 148 cm³/mol. The number of nitrogens with zero attached hydrogens (tertiary/aromatic N) is 8. The molecule has 3 rings (SSSR count). The van der Waals surface area contributed by atoms with Crippen LogP contribution in [0, 0.1) is 45.6 Å². The van der Waals surface area contributed by atoms with Crippen LogP contribution in [0.5, 0.6) is 0 Å². The van der Waals surface area contributed by atoms with Gasteiger partial charge >= 0.3 is 0 Å². The number of rotatable bonds is 14. The van der Waals surface area contributed by atoms with E-state index in [9.17, 15) is 20.6 Å². The Morgan fingerprint density at radius 1 is 1.12 bits per heavy atom. The molecule has 2 heterocycles. The molecule has 0 aliphatic heterocycles. The highest BCUT2D eigenvalue weighted by atomic mass is 16.6. The zero-order chi connectivity index (χ0) is 29.1. The Labute approximate surface area is 232 Å². The van der Waals surface area contributed by atoms with Crippen LogP contribution in [0.1, 0.15) is 42.9 Å². The first-order chi connectivity index (χ1) is 19.3. The first-order valence-electron chi connectivity index (χ1n) is 12.7. The molecule has 0 bridgehead atoms. The summed E-state index contributed by atoms with van der Waals surface area (Å²) >= 11 is 0. The second-order valence-corrected chi connectivity index (χ2v) is 9.05. The maximum absolute atomic E-state index is 11.2. The van der Waals surface area contributed by atoms with Gasteiger partial charge in [-0.3, -0.25) is 10.1 Å². The lowest BCUT2D eigenvalue weighted by Gasteiger charge is -2.15. The van der Waals surface area contributed by atoms with Gasteiger partial charge in [0.15, 0.2) is 5.82 Å². The van der Waals surface area contributed by atoms with Crippen molar-refractivity contribution in [3.63, 3.8) is 0 Å². The number of azo groups is 1. The number of hydrogen-bond donors (Lipinski definition) is 2. The molecule has 0 saturated heterocycles. The van der Waals surface area contributed by atoms with Gasteiger partial charge in [-0.05, 0) is 25.8 Å².